The van der Waals surface area contributed by atoms with Crippen molar-refractivity contribution in [1.29, 1.82) is 0 Å². The molecule has 0 saturated heterocycles. The fourth-order valence-electron chi connectivity index (χ4n) is 2.38. The lowest BCUT2D eigenvalue weighted by molar-refractivity contribution is 0.0376. The number of hydrogen-bond donors (Lipinski definition) is 0. The van der Waals surface area contributed by atoms with Gasteiger partial charge in [-0.3, -0.25) is 0 Å². The van der Waals surface area contributed by atoms with Crippen LogP contribution < -0.4 is 4.74 Å². The molecule has 0 N–H and O–H groups in total. The highest BCUT2D eigenvalue weighted by atomic mass is 127. The minimum Gasteiger partial charge on any atom is -0.497 e. The molecule has 2 nitrogen and oxygen atoms in total. The smallest absolute Gasteiger partial charge is 0.119 e. The molecule has 3 heteroatoms. The highest BCUT2D eigenvalue weighted by molar-refractivity contribution is 14.1. The van der Waals surface area contributed by atoms with Crippen molar-refractivity contribution in [3.8, 4) is 5.75 Å². The third-order valence-electron chi connectivity index (χ3n) is 3.47. The van der Waals surface area contributed by atoms with Gasteiger partial charge in [-0.25, -0.2) is 0 Å². The molecule has 0 amide bonds. The normalized spacial score (nSPS) is 24.6. The van der Waals surface area contributed by atoms with Crippen LogP contribution in [0.1, 0.15) is 37.7 Å². The number of alkyl halides is 1. The summed E-state index contributed by atoms with van der Waals surface area (Å²) in [5, 5.41) is 0. The van der Waals surface area contributed by atoms with E-state index in [0.29, 0.717) is 16.6 Å². The minimum atomic E-state index is 0.416. The fraction of sp³-hybridized carbons (Fsp3) is 0.600. The van der Waals surface area contributed by atoms with Gasteiger partial charge in [0, 0.05) is 3.92 Å². The Kier molecular flexibility index (Phi) is 5.76. The Morgan fingerprint density at radius 1 is 1.22 bits per heavy atom. The Morgan fingerprint density at radius 2 is 2.06 bits per heavy atom. The van der Waals surface area contributed by atoms with Gasteiger partial charge >= 0.3 is 0 Å². The van der Waals surface area contributed by atoms with E-state index in [-0.39, 0.29) is 0 Å². The third kappa shape index (κ3) is 4.12. The maximum Gasteiger partial charge on any atom is 0.119 e. The molecule has 0 radical (unpaired) electrons. The lowest BCUT2D eigenvalue weighted by Gasteiger charge is -2.20. The number of benzene rings is 1. The molecule has 1 saturated carbocycles. The van der Waals surface area contributed by atoms with Crippen molar-refractivity contribution in [2.24, 2.45) is 0 Å². The zero-order valence-corrected chi connectivity index (χ0v) is 13.1. The molecule has 1 aliphatic rings. The number of ether oxygens (including phenoxy) is 2. The first-order chi connectivity index (χ1) is 8.79. The van der Waals surface area contributed by atoms with Gasteiger partial charge in [-0.2, -0.15) is 0 Å². The van der Waals surface area contributed by atoms with Gasteiger partial charge < -0.3 is 9.47 Å². The first-order valence-electron chi connectivity index (χ1n) is 6.68. The maximum atomic E-state index is 6.10. The van der Waals surface area contributed by atoms with Crippen LogP contribution in [0.4, 0.5) is 0 Å². The molecule has 2 rings (SSSR count). The van der Waals surface area contributed by atoms with Crippen LogP contribution in [0, 0.1) is 0 Å². The molecule has 1 aliphatic carbocycles. The quantitative estimate of drug-likeness (QED) is 0.452. The van der Waals surface area contributed by atoms with E-state index in [1.165, 1.54) is 37.7 Å². The molecule has 1 fully saturated rings. The molecule has 0 heterocycles. The summed E-state index contributed by atoms with van der Waals surface area (Å²) < 4.78 is 12.0. The van der Waals surface area contributed by atoms with E-state index >= 15 is 0 Å². The molecule has 1 aromatic carbocycles. The topological polar surface area (TPSA) is 18.5 Å². The van der Waals surface area contributed by atoms with Gasteiger partial charge in [0.1, 0.15) is 5.75 Å². The van der Waals surface area contributed by atoms with Crippen molar-refractivity contribution >= 4 is 22.6 Å². The van der Waals surface area contributed by atoms with Gasteiger partial charge in [0.2, 0.25) is 0 Å². The number of halogens is 1. The molecule has 2 unspecified atom stereocenters. The van der Waals surface area contributed by atoms with Crippen molar-refractivity contribution in [2.45, 2.75) is 48.7 Å². The Balaban J connectivity index is 1.89. The van der Waals surface area contributed by atoms with Gasteiger partial charge in [0.25, 0.3) is 0 Å². The molecule has 1 aromatic rings. The van der Waals surface area contributed by atoms with Crippen LogP contribution in [-0.4, -0.2) is 17.1 Å². The third-order valence-corrected chi connectivity index (χ3v) is 4.90. The average molecular weight is 360 g/mol. The second kappa shape index (κ2) is 7.34. The summed E-state index contributed by atoms with van der Waals surface area (Å²) in [6, 6.07) is 8.14. The van der Waals surface area contributed by atoms with Crippen LogP contribution in [-0.2, 0) is 11.3 Å². The van der Waals surface area contributed by atoms with E-state index < -0.39 is 0 Å². The minimum absolute atomic E-state index is 0.416. The summed E-state index contributed by atoms with van der Waals surface area (Å²) in [7, 11) is 1.70. The summed E-state index contributed by atoms with van der Waals surface area (Å²) in [5.74, 6) is 0.906. The van der Waals surface area contributed by atoms with Crippen molar-refractivity contribution in [3.05, 3.63) is 29.8 Å². The van der Waals surface area contributed by atoms with Crippen LogP contribution in [0.25, 0.3) is 0 Å². The lowest BCUT2D eigenvalue weighted by atomic mass is 10.1. The van der Waals surface area contributed by atoms with Crippen LogP contribution >= 0.6 is 22.6 Å². The van der Waals surface area contributed by atoms with Crippen LogP contribution in [0.3, 0.4) is 0 Å². The highest BCUT2D eigenvalue weighted by Gasteiger charge is 2.21. The van der Waals surface area contributed by atoms with Crippen molar-refractivity contribution in [3.63, 3.8) is 0 Å². The van der Waals surface area contributed by atoms with E-state index in [9.17, 15) is 0 Å². The molecule has 0 spiro atoms. The standard InChI is InChI=1S/C15H21IO2/c1-17-13-7-5-6-12(10-13)11-18-15-9-4-2-3-8-14(15)16/h5-7,10,14-15H,2-4,8-9,11H2,1H3. The Labute approximate surface area is 123 Å². The zero-order chi connectivity index (χ0) is 12.8. The van der Waals surface area contributed by atoms with Gasteiger partial charge in [-0.15, -0.1) is 0 Å². The van der Waals surface area contributed by atoms with Crippen LogP contribution in [0.2, 0.25) is 0 Å². The molecule has 18 heavy (non-hydrogen) atoms. The molecule has 100 valence electrons. The van der Waals surface area contributed by atoms with Crippen molar-refractivity contribution in [2.75, 3.05) is 7.11 Å². The summed E-state index contributed by atoms with van der Waals surface area (Å²) in [5.41, 5.74) is 1.20. The van der Waals surface area contributed by atoms with Gasteiger partial charge in [-0.05, 0) is 30.5 Å². The Hall–Kier alpha value is -0.290. The first kappa shape index (κ1) is 14.1. The van der Waals surface area contributed by atoms with Crippen molar-refractivity contribution in [1.82, 2.24) is 0 Å². The van der Waals surface area contributed by atoms with Crippen molar-refractivity contribution < 1.29 is 9.47 Å². The Bertz CT molecular complexity index is 367. The summed E-state index contributed by atoms with van der Waals surface area (Å²) in [6.07, 6.45) is 6.94. The van der Waals surface area contributed by atoms with Crippen LogP contribution in [0.15, 0.2) is 24.3 Å². The second-order valence-electron chi connectivity index (χ2n) is 4.85. The van der Waals surface area contributed by atoms with E-state index in [0.717, 1.165) is 5.75 Å². The van der Waals surface area contributed by atoms with E-state index in [1.54, 1.807) is 7.11 Å². The average Bonchev–Trinajstić information content (AvgIpc) is 2.61. The van der Waals surface area contributed by atoms with Gasteiger partial charge in [0.15, 0.2) is 0 Å². The van der Waals surface area contributed by atoms with E-state index in [4.69, 9.17) is 9.47 Å². The largest absolute Gasteiger partial charge is 0.497 e. The summed E-state index contributed by atoms with van der Waals surface area (Å²) in [4.78, 5) is 0. The van der Waals surface area contributed by atoms with Gasteiger partial charge in [0.05, 0.1) is 19.8 Å². The lowest BCUT2D eigenvalue weighted by Crippen LogP contribution is -2.22. The Morgan fingerprint density at radius 3 is 2.89 bits per heavy atom. The number of hydrogen-bond acceptors (Lipinski definition) is 2. The molecular formula is C15H21IO2. The molecule has 0 aromatic heterocycles. The summed E-state index contributed by atoms with van der Waals surface area (Å²) >= 11 is 2.55. The first-order valence-corrected chi connectivity index (χ1v) is 7.93. The zero-order valence-electron chi connectivity index (χ0n) is 10.9. The number of methoxy groups -OCH3 is 1. The maximum absolute atomic E-state index is 6.10. The predicted octanol–water partition coefficient (Wildman–Crippen LogP) is 4.35. The molecule has 0 aliphatic heterocycles. The molecule has 0 bridgehead atoms. The number of rotatable bonds is 4. The fourth-order valence-corrected chi connectivity index (χ4v) is 3.39. The van der Waals surface area contributed by atoms with E-state index in [1.807, 2.05) is 12.1 Å². The SMILES string of the molecule is COc1cccc(COC2CCCCCC2I)c1. The highest BCUT2D eigenvalue weighted by Crippen LogP contribution is 2.27. The molecular weight excluding hydrogens is 339 g/mol. The summed E-state index contributed by atoms with van der Waals surface area (Å²) in [6.45, 7) is 0.696. The monoisotopic (exact) mass is 360 g/mol. The van der Waals surface area contributed by atoms with Crippen LogP contribution in [0.5, 0.6) is 5.75 Å². The van der Waals surface area contributed by atoms with Gasteiger partial charge in [-0.1, -0.05) is 54.0 Å². The predicted molar refractivity (Wildman–Crippen MR) is 82.5 cm³/mol. The second-order valence-corrected chi connectivity index (χ2v) is 6.45. The molecule has 2 atom stereocenters. The van der Waals surface area contributed by atoms with E-state index in [2.05, 4.69) is 34.7 Å².